The number of rotatable bonds is 8. The summed E-state index contributed by atoms with van der Waals surface area (Å²) in [6, 6.07) is 10.7. The SMILES string of the molecule is O=C(CCCNC(=O)c1ccc(F)cc1)NCC(O)c1cccc(F)c1. The van der Waals surface area contributed by atoms with E-state index in [1.54, 1.807) is 6.07 Å². The van der Waals surface area contributed by atoms with Crippen LogP contribution in [-0.4, -0.2) is 30.0 Å². The van der Waals surface area contributed by atoms with Crippen molar-refractivity contribution >= 4 is 11.8 Å². The summed E-state index contributed by atoms with van der Waals surface area (Å²) >= 11 is 0. The predicted octanol–water partition coefficient (Wildman–Crippen LogP) is 2.32. The molecule has 26 heavy (non-hydrogen) atoms. The number of amides is 2. The van der Waals surface area contributed by atoms with Crippen molar-refractivity contribution in [3.8, 4) is 0 Å². The Morgan fingerprint density at radius 3 is 2.42 bits per heavy atom. The minimum absolute atomic E-state index is 0.0236. The molecule has 0 radical (unpaired) electrons. The Balaban J connectivity index is 1.64. The molecule has 0 saturated carbocycles. The van der Waals surface area contributed by atoms with Crippen molar-refractivity contribution < 1.29 is 23.5 Å². The van der Waals surface area contributed by atoms with Crippen LogP contribution >= 0.6 is 0 Å². The van der Waals surface area contributed by atoms with E-state index < -0.39 is 17.7 Å². The quantitative estimate of drug-likeness (QED) is 0.631. The number of hydrogen-bond acceptors (Lipinski definition) is 3. The molecule has 2 aromatic carbocycles. The van der Waals surface area contributed by atoms with Crippen LogP contribution in [0.2, 0.25) is 0 Å². The zero-order valence-corrected chi connectivity index (χ0v) is 14.0. The second kappa shape index (κ2) is 9.62. The van der Waals surface area contributed by atoms with E-state index in [-0.39, 0.29) is 31.3 Å². The van der Waals surface area contributed by atoms with Crippen LogP contribution in [0.1, 0.15) is 34.9 Å². The Kier molecular flexibility index (Phi) is 7.23. The highest BCUT2D eigenvalue weighted by atomic mass is 19.1. The number of nitrogens with one attached hydrogen (secondary N) is 2. The maximum absolute atomic E-state index is 13.1. The molecule has 3 N–H and O–H groups in total. The minimum Gasteiger partial charge on any atom is -0.387 e. The third kappa shape index (κ3) is 6.25. The first-order chi connectivity index (χ1) is 12.5. The van der Waals surface area contributed by atoms with E-state index in [4.69, 9.17) is 0 Å². The van der Waals surface area contributed by atoms with Gasteiger partial charge in [0, 0.05) is 25.1 Å². The summed E-state index contributed by atoms with van der Waals surface area (Å²) < 4.78 is 25.9. The Morgan fingerprint density at radius 2 is 1.73 bits per heavy atom. The molecule has 0 aliphatic rings. The third-order valence-corrected chi connectivity index (χ3v) is 3.70. The molecule has 1 atom stereocenters. The lowest BCUT2D eigenvalue weighted by Crippen LogP contribution is -2.30. The van der Waals surface area contributed by atoms with Crippen molar-refractivity contribution in [2.24, 2.45) is 0 Å². The molecule has 0 heterocycles. The molecule has 138 valence electrons. The van der Waals surface area contributed by atoms with Crippen LogP contribution in [0.25, 0.3) is 0 Å². The lowest BCUT2D eigenvalue weighted by atomic mass is 10.1. The zero-order valence-electron chi connectivity index (χ0n) is 14.0. The van der Waals surface area contributed by atoms with Gasteiger partial charge in [-0.1, -0.05) is 12.1 Å². The first kappa shape index (κ1) is 19.5. The number of aliphatic hydroxyl groups is 1. The molecule has 2 rings (SSSR count). The monoisotopic (exact) mass is 362 g/mol. The fourth-order valence-electron chi connectivity index (χ4n) is 2.28. The van der Waals surface area contributed by atoms with Gasteiger partial charge in [0.25, 0.3) is 5.91 Å². The zero-order chi connectivity index (χ0) is 18.9. The van der Waals surface area contributed by atoms with Crippen LogP contribution < -0.4 is 10.6 Å². The van der Waals surface area contributed by atoms with E-state index in [9.17, 15) is 23.5 Å². The fourth-order valence-corrected chi connectivity index (χ4v) is 2.28. The summed E-state index contributed by atoms with van der Waals surface area (Å²) in [5.74, 6) is -1.49. The summed E-state index contributed by atoms with van der Waals surface area (Å²) in [6.45, 7) is 0.264. The summed E-state index contributed by atoms with van der Waals surface area (Å²) in [7, 11) is 0. The number of carbonyl (C=O) groups is 2. The standard InChI is InChI=1S/C19H20F2N2O3/c20-15-8-6-13(7-9-15)19(26)22-10-2-5-18(25)23-12-17(24)14-3-1-4-16(21)11-14/h1,3-4,6-9,11,17,24H,2,5,10,12H2,(H,22,26)(H,23,25). The molecule has 1 unspecified atom stereocenters. The fraction of sp³-hybridized carbons (Fsp3) is 0.263. The van der Waals surface area contributed by atoms with Crippen molar-refractivity contribution in [3.05, 3.63) is 71.3 Å². The van der Waals surface area contributed by atoms with Crippen molar-refractivity contribution in [2.75, 3.05) is 13.1 Å². The van der Waals surface area contributed by atoms with Crippen molar-refractivity contribution in [1.82, 2.24) is 10.6 Å². The summed E-state index contributed by atoms with van der Waals surface area (Å²) in [5, 5.41) is 15.1. The normalized spacial score (nSPS) is 11.7. The van der Waals surface area contributed by atoms with Gasteiger partial charge in [0.2, 0.25) is 5.91 Å². The van der Waals surface area contributed by atoms with Crippen LogP contribution in [-0.2, 0) is 4.79 Å². The summed E-state index contributed by atoms with van der Waals surface area (Å²) in [5.41, 5.74) is 0.728. The molecule has 2 aromatic rings. The number of halogens is 2. The smallest absolute Gasteiger partial charge is 0.251 e. The number of benzene rings is 2. The summed E-state index contributed by atoms with van der Waals surface area (Å²) in [4.78, 5) is 23.5. The average molecular weight is 362 g/mol. The van der Waals surface area contributed by atoms with Gasteiger partial charge in [-0.2, -0.15) is 0 Å². The number of aliphatic hydroxyl groups excluding tert-OH is 1. The summed E-state index contributed by atoms with van der Waals surface area (Å²) in [6.07, 6.45) is -0.415. The van der Waals surface area contributed by atoms with E-state index >= 15 is 0 Å². The highest BCUT2D eigenvalue weighted by Gasteiger charge is 2.10. The van der Waals surface area contributed by atoms with Crippen LogP contribution in [0.5, 0.6) is 0 Å². The third-order valence-electron chi connectivity index (χ3n) is 3.70. The molecular formula is C19H20F2N2O3. The van der Waals surface area contributed by atoms with E-state index in [0.717, 1.165) is 0 Å². The van der Waals surface area contributed by atoms with Crippen molar-refractivity contribution in [1.29, 1.82) is 0 Å². The minimum atomic E-state index is -0.993. The number of carbonyl (C=O) groups excluding carboxylic acids is 2. The van der Waals surface area contributed by atoms with Gasteiger partial charge in [0.1, 0.15) is 11.6 Å². The Morgan fingerprint density at radius 1 is 1.00 bits per heavy atom. The van der Waals surface area contributed by atoms with Crippen LogP contribution in [0.3, 0.4) is 0 Å². The predicted molar refractivity (Wildman–Crippen MR) is 92.3 cm³/mol. The molecule has 0 bridgehead atoms. The van der Waals surface area contributed by atoms with Crippen LogP contribution in [0.4, 0.5) is 8.78 Å². The Labute approximate surface area is 150 Å². The Bertz CT molecular complexity index is 751. The lowest BCUT2D eigenvalue weighted by molar-refractivity contribution is -0.121. The molecule has 0 spiro atoms. The molecule has 0 aromatic heterocycles. The first-order valence-electron chi connectivity index (χ1n) is 8.19. The van der Waals surface area contributed by atoms with Crippen LogP contribution in [0, 0.1) is 11.6 Å². The van der Waals surface area contributed by atoms with Crippen molar-refractivity contribution in [2.45, 2.75) is 18.9 Å². The molecule has 0 saturated heterocycles. The topological polar surface area (TPSA) is 78.4 Å². The average Bonchev–Trinajstić information content (AvgIpc) is 2.63. The van der Waals surface area contributed by atoms with Gasteiger partial charge in [0.15, 0.2) is 0 Å². The van der Waals surface area contributed by atoms with Gasteiger partial charge in [0.05, 0.1) is 6.10 Å². The largest absolute Gasteiger partial charge is 0.387 e. The van der Waals surface area contributed by atoms with Crippen molar-refractivity contribution in [3.63, 3.8) is 0 Å². The maximum atomic E-state index is 13.1. The van der Waals surface area contributed by atoms with E-state index in [0.29, 0.717) is 17.5 Å². The molecule has 2 amide bonds. The van der Waals surface area contributed by atoms with E-state index in [1.165, 1.54) is 42.5 Å². The Hall–Kier alpha value is -2.80. The van der Waals surface area contributed by atoms with Crippen LogP contribution in [0.15, 0.2) is 48.5 Å². The molecule has 7 heteroatoms. The van der Waals surface area contributed by atoms with Gasteiger partial charge in [-0.25, -0.2) is 8.78 Å². The van der Waals surface area contributed by atoms with Gasteiger partial charge < -0.3 is 15.7 Å². The van der Waals surface area contributed by atoms with Gasteiger partial charge in [-0.15, -0.1) is 0 Å². The van der Waals surface area contributed by atoms with Gasteiger partial charge in [-0.3, -0.25) is 9.59 Å². The number of hydrogen-bond donors (Lipinski definition) is 3. The van der Waals surface area contributed by atoms with E-state index in [1.807, 2.05) is 0 Å². The second-order valence-corrected chi connectivity index (χ2v) is 5.74. The second-order valence-electron chi connectivity index (χ2n) is 5.74. The lowest BCUT2D eigenvalue weighted by Gasteiger charge is -2.12. The molecular weight excluding hydrogens is 342 g/mol. The van der Waals surface area contributed by atoms with E-state index in [2.05, 4.69) is 10.6 Å². The highest BCUT2D eigenvalue weighted by molar-refractivity contribution is 5.94. The molecule has 0 aliphatic carbocycles. The molecule has 0 fully saturated rings. The molecule has 0 aliphatic heterocycles. The highest BCUT2D eigenvalue weighted by Crippen LogP contribution is 2.13. The molecule has 5 nitrogen and oxygen atoms in total. The van der Waals surface area contributed by atoms with Gasteiger partial charge >= 0.3 is 0 Å². The maximum Gasteiger partial charge on any atom is 0.251 e. The first-order valence-corrected chi connectivity index (χ1v) is 8.19. The van der Waals surface area contributed by atoms with Gasteiger partial charge in [-0.05, 0) is 48.4 Å².